The fourth-order valence-corrected chi connectivity index (χ4v) is 3.81. The standard InChI is InChI=1S/C25H22FN7O2/c1-3-27-25(34)30-18-7-4-16(5-8-18)21-13-28-23-11-6-17(14-32(21)23)24-31-29-15-33(24)19-9-10-20(26)22(12-19)35-2/h4-15H,3H2,1-2H3,(H2,27,30,34). The van der Waals surface area contributed by atoms with Gasteiger partial charge in [-0.3, -0.25) is 8.97 Å². The summed E-state index contributed by atoms with van der Waals surface area (Å²) in [7, 11) is 1.42. The first-order chi connectivity index (χ1) is 17.1. The van der Waals surface area contributed by atoms with Gasteiger partial charge in [-0.25, -0.2) is 14.2 Å². The van der Waals surface area contributed by atoms with Gasteiger partial charge in [0.1, 0.15) is 12.0 Å². The average molecular weight is 471 g/mol. The van der Waals surface area contributed by atoms with Crippen molar-refractivity contribution in [1.82, 2.24) is 29.5 Å². The van der Waals surface area contributed by atoms with Crippen molar-refractivity contribution in [3.05, 3.63) is 79.1 Å². The predicted octanol–water partition coefficient (Wildman–Crippen LogP) is 4.54. The maximum Gasteiger partial charge on any atom is 0.319 e. The second-order valence-electron chi connectivity index (χ2n) is 7.69. The first-order valence-corrected chi connectivity index (χ1v) is 10.9. The van der Waals surface area contributed by atoms with Crippen LogP contribution in [0.4, 0.5) is 14.9 Å². The number of imidazole rings is 1. The Labute approximate surface area is 200 Å². The predicted molar refractivity (Wildman–Crippen MR) is 130 cm³/mol. The van der Waals surface area contributed by atoms with E-state index >= 15 is 0 Å². The number of urea groups is 1. The number of fused-ring (bicyclic) bond motifs is 1. The number of nitrogens with one attached hydrogen (secondary N) is 2. The van der Waals surface area contributed by atoms with Crippen LogP contribution in [0.3, 0.4) is 0 Å². The molecule has 0 fully saturated rings. The van der Waals surface area contributed by atoms with Crippen molar-refractivity contribution in [3.8, 4) is 34.1 Å². The summed E-state index contributed by atoms with van der Waals surface area (Å²) in [5.74, 6) is 0.281. The molecular weight excluding hydrogens is 449 g/mol. The zero-order chi connectivity index (χ0) is 24.4. The van der Waals surface area contributed by atoms with Gasteiger partial charge in [0, 0.05) is 35.6 Å². The number of hydrogen-bond donors (Lipinski definition) is 2. The Hall–Kier alpha value is -4.73. The number of hydrogen-bond acceptors (Lipinski definition) is 5. The van der Waals surface area contributed by atoms with Crippen molar-refractivity contribution in [2.45, 2.75) is 6.92 Å². The molecule has 2 aromatic carbocycles. The molecule has 0 aliphatic heterocycles. The summed E-state index contributed by atoms with van der Waals surface area (Å²) in [6.07, 6.45) is 5.29. The molecule has 5 aromatic rings. The molecule has 0 saturated heterocycles. The monoisotopic (exact) mass is 471 g/mol. The number of methoxy groups -OCH3 is 1. The third-order valence-corrected chi connectivity index (χ3v) is 5.50. The summed E-state index contributed by atoms with van der Waals surface area (Å²) in [6, 6.07) is 15.7. The number of rotatable bonds is 6. The molecule has 5 rings (SSSR count). The van der Waals surface area contributed by atoms with Crippen molar-refractivity contribution in [2.24, 2.45) is 0 Å². The number of aromatic nitrogens is 5. The summed E-state index contributed by atoms with van der Waals surface area (Å²) in [4.78, 5) is 16.3. The lowest BCUT2D eigenvalue weighted by Crippen LogP contribution is -2.28. The highest BCUT2D eigenvalue weighted by molar-refractivity contribution is 5.89. The fourth-order valence-electron chi connectivity index (χ4n) is 3.81. The van der Waals surface area contributed by atoms with Crippen LogP contribution in [-0.4, -0.2) is 43.8 Å². The van der Waals surface area contributed by atoms with Gasteiger partial charge in [-0.2, -0.15) is 0 Å². The average Bonchev–Trinajstić information content (AvgIpc) is 3.52. The molecule has 10 heteroatoms. The van der Waals surface area contributed by atoms with Gasteiger partial charge in [0.2, 0.25) is 0 Å². The van der Waals surface area contributed by atoms with Crippen LogP contribution in [0.25, 0.3) is 34.0 Å². The number of carbonyl (C=O) groups excluding carboxylic acids is 1. The molecule has 0 aliphatic carbocycles. The summed E-state index contributed by atoms with van der Waals surface area (Å²) in [5.41, 5.74) is 4.73. The molecule has 0 radical (unpaired) electrons. The van der Waals surface area contributed by atoms with Gasteiger partial charge in [-0.15, -0.1) is 10.2 Å². The van der Waals surface area contributed by atoms with Gasteiger partial charge >= 0.3 is 6.03 Å². The van der Waals surface area contributed by atoms with E-state index in [0.717, 1.165) is 22.5 Å². The van der Waals surface area contributed by atoms with Crippen LogP contribution in [0.15, 0.2) is 73.3 Å². The molecule has 35 heavy (non-hydrogen) atoms. The molecule has 2 amide bonds. The van der Waals surface area contributed by atoms with E-state index in [-0.39, 0.29) is 11.8 Å². The Morgan fingerprint density at radius 1 is 1.09 bits per heavy atom. The number of carbonyl (C=O) groups is 1. The molecule has 0 spiro atoms. The SMILES string of the molecule is CCNC(=O)Nc1ccc(-c2cnc3ccc(-c4nncn4-c4ccc(F)c(OC)c4)cn23)cc1. The van der Waals surface area contributed by atoms with E-state index in [9.17, 15) is 9.18 Å². The number of ether oxygens (including phenoxy) is 1. The lowest BCUT2D eigenvalue weighted by atomic mass is 10.1. The molecule has 0 saturated carbocycles. The Balaban J connectivity index is 1.50. The van der Waals surface area contributed by atoms with Crippen LogP contribution in [-0.2, 0) is 0 Å². The van der Waals surface area contributed by atoms with Crippen molar-refractivity contribution in [3.63, 3.8) is 0 Å². The van der Waals surface area contributed by atoms with Gasteiger partial charge in [-0.1, -0.05) is 12.1 Å². The number of amides is 2. The molecule has 0 unspecified atom stereocenters. The maximum absolute atomic E-state index is 13.9. The maximum atomic E-state index is 13.9. The lowest BCUT2D eigenvalue weighted by Gasteiger charge is -2.10. The number of benzene rings is 2. The highest BCUT2D eigenvalue weighted by atomic mass is 19.1. The quantitative estimate of drug-likeness (QED) is 0.379. The number of pyridine rings is 1. The molecule has 176 valence electrons. The van der Waals surface area contributed by atoms with Crippen LogP contribution in [0.1, 0.15) is 6.92 Å². The molecule has 0 aliphatic rings. The zero-order valence-electron chi connectivity index (χ0n) is 19.1. The summed E-state index contributed by atoms with van der Waals surface area (Å²) in [5, 5.41) is 13.8. The van der Waals surface area contributed by atoms with Crippen LogP contribution < -0.4 is 15.4 Å². The van der Waals surface area contributed by atoms with Crippen molar-refractivity contribution in [1.29, 1.82) is 0 Å². The minimum atomic E-state index is -0.442. The van der Waals surface area contributed by atoms with Crippen LogP contribution in [0, 0.1) is 5.82 Å². The lowest BCUT2D eigenvalue weighted by molar-refractivity contribution is 0.252. The topological polar surface area (TPSA) is 98.4 Å². The van der Waals surface area contributed by atoms with E-state index in [0.29, 0.717) is 23.7 Å². The van der Waals surface area contributed by atoms with Gasteiger partial charge in [-0.05, 0) is 43.3 Å². The van der Waals surface area contributed by atoms with Crippen LogP contribution in [0.5, 0.6) is 5.75 Å². The molecule has 0 atom stereocenters. The van der Waals surface area contributed by atoms with Crippen molar-refractivity contribution < 1.29 is 13.9 Å². The van der Waals surface area contributed by atoms with E-state index in [4.69, 9.17) is 4.74 Å². The molecule has 0 bridgehead atoms. The van der Waals surface area contributed by atoms with Crippen LogP contribution in [0.2, 0.25) is 0 Å². The molecule has 2 N–H and O–H groups in total. The Kier molecular flexibility index (Phi) is 5.84. The zero-order valence-corrected chi connectivity index (χ0v) is 19.1. The van der Waals surface area contributed by atoms with Gasteiger partial charge in [0.05, 0.1) is 24.7 Å². The second kappa shape index (κ2) is 9.26. The molecule has 3 aromatic heterocycles. The number of anilines is 1. The van der Waals surface area contributed by atoms with E-state index in [1.807, 2.05) is 53.9 Å². The summed E-state index contributed by atoms with van der Waals surface area (Å²) in [6.45, 7) is 2.41. The largest absolute Gasteiger partial charge is 0.494 e. The van der Waals surface area contributed by atoms with Crippen LogP contribution >= 0.6 is 0 Å². The Morgan fingerprint density at radius 2 is 1.89 bits per heavy atom. The Bertz CT molecular complexity index is 1510. The minimum absolute atomic E-state index is 0.139. The normalized spacial score (nSPS) is 10.9. The molecule has 3 heterocycles. The van der Waals surface area contributed by atoms with Gasteiger partial charge in [0.15, 0.2) is 17.4 Å². The summed E-state index contributed by atoms with van der Waals surface area (Å²) >= 11 is 0. The fraction of sp³-hybridized carbons (Fsp3) is 0.120. The van der Waals surface area contributed by atoms with Crippen molar-refractivity contribution in [2.75, 3.05) is 19.0 Å². The first kappa shape index (κ1) is 22.1. The second-order valence-corrected chi connectivity index (χ2v) is 7.69. The van der Waals surface area contributed by atoms with E-state index in [1.165, 1.54) is 13.2 Å². The number of nitrogens with zero attached hydrogens (tertiary/aromatic N) is 5. The summed E-state index contributed by atoms with van der Waals surface area (Å²) < 4.78 is 22.7. The van der Waals surface area contributed by atoms with Gasteiger partial charge in [0.25, 0.3) is 0 Å². The smallest absolute Gasteiger partial charge is 0.319 e. The van der Waals surface area contributed by atoms with E-state index in [1.54, 1.807) is 29.2 Å². The molecule has 9 nitrogen and oxygen atoms in total. The highest BCUT2D eigenvalue weighted by Gasteiger charge is 2.14. The molecular formula is C25H22FN7O2. The van der Waals surface area contributed by atoms with E-state index < -0.39 is 5.82 Å². The first-order valence-electron chi connectivity index (χ1n) is 10.9. The third-order valence-electron chi connectivity index (χ3n) is 5.50. The Morgan fingerprint density at radius 3 is 2.66 bits per heavy atom. The minimum Gasteiger partial charge on any atom is -0.494 e. The van der Waals surface area contributed by atoms with E-state index in [2.05, 4.69) is 25.8 Å². The van der Waals surface area contributed by atoms with Crippen molar-refractivity contribution >= 4 is 17.4 Å². The van der Waals surface area contributed by atoms with Gasteiger partial charge < -0.3 is 15.4 Å². The third kappa shape index (κ3) is 4.29. The highest BCUT2D eigenvalue weighted by Crippen LogP contribution is 2.28. The number of halogens is 1.